The van der Waals surface area contributed by atoms with E-state index in [1.54, 1.807) is 30.1 Å². The Morgan fingerprint density at radius 2 is 2.03 bits per heavy atom. The number of nitrogens with zero attached hydrogens (tertiary/aromatic N) is 4. The minimum Gasteiger partial charge on any atom is -0.396 e. The van der Waals surface area contributed by atoms with Gasteiger partial charge in [0, 0.05) is 18.7 Å². The normalized spacial score (nSPS) is 24.1. The maximum atomic E-state index is 13.5. The highest BCUT2D eigenvalue weighted by Crippen LogP contribution is 2.53. The van der Waals surface area contributed by atoms with E-state index in [9.17, 15) is 14.3 Å². The number of anilines is 2. The number of amides is 1. The number of rotatable bonds is 3. The first kappa shape index (κ1) is 24.8. The number of nitriles is 1. The molecule has 188 valence electrons. The number of aliphatic hydroxyl groups is 1. The number of hydrogen-bond acceptors (Lipinski definition) is 6. The van der Waals surface area contributed by atoms with E-state index in [-0.39, 0.29) is 40.1 Å². The molecule has 1 amide bonds. The lowest BCUT2D eigenvalue weighted by Gasteiger charge is -2.19. The lowest BCUT2D eigenvalue weighted by molar-refractivity contribution is 0.0979. The van der Waals surface area contributed by atoms with Crippen LogP contribution in [-0.4, -0.2) is 31.1 Å². The highest BCUT2D eigenvalue weighted by atomic mass is 35.5. The van der Waals surface area contributed by atoms with Crippen molar-refractivity contribution in [1.82, 2.24) is 14.5 Å². The fourth-order valence-electron chi connectivity index (χ4n) is 5.59. The van der Waals surface area contributed by atoms with Crippen LogP contribution in [0.2, 0.25) is 5.02 Å². The Morgan fingerprint density at radius 1 is 1.30 bits per heavy atom. The third kappa shape index (κ3) is 4.89. The number of aryl methyl sites for hydroxylation is 1. The summed E-state index contributed by atoms with van der Waals surface area (Å²) in [4.78, 5) is 21.8. The molecule has 10 heteroatoms. The van der Waals surface area contributed by atoms with Crippen molar-refractivity contribution in [2.24, 2.45) is 18.9 Å². The number of nitrogen functional groups attached to an aromatic ring is 1. The molecule has 2 unspecified atom stereocenters. The van der Waals surface area contributed by atoms with Crippen molar-refractivity contribution in [3.63, 3.8) is 0 Å². The topological polar surface area (TPSA) is 130 Å². The van der Waals surface area contributed by atoms with E-state index in [1.807, 2.05) is 6.07 Å². The second-order valence-corrected chi connectivity index (χ2v) is 10.2. The molecular formula is C27H24ClFN6O2. The number of nitrogens with two attached hydrogens (primary N) is 1. The van der Waals surface area contributed by atoms with Crippen LogP contribution in [-0.2, 0) is 7.05 Å². The minimum absolute atomic E-state index is 0.0695. The first-order valence-electron chi connectivity index (χ1n) is 11.9. The summed E-state index contributed by atoms with van der Waals surface area (Å²) < 4.78 is 15.2. The molecule has 0 radical (unpaired) electrons. The lowest BCUT2D eigenvalue weighted by atomic mass is 9.92. The second kappa shape index (κ2) is 9.51. The molecule has 2 heterocycles. The summed E-state index contributed by atoms with van der Waals surface area (Å²) in [5.41, 5.74) is 6.93. The third-order valence-electron chi connectivity index (χ3n) is 7.24. The van der Waals surface area contributed by atoms with Crippen molar-refractivity contribution in [2.75, 3.05) is 11.1 Å². The molecule has 0 aliphatic heterocycles. The van der Waals surface area contributed by atoms with Crippen LogP contribution >= 0.6 is 11.6 Å². The van der Waals surface area contributed by atoms with Crippen molar-refractivity contribution in [2.45, 2.75) is 37.2 Å². The molecular weight excluding hydrogens is 495 g/mol. The van der Waals surface area contributed by atoms with Crippen LogP contribution < -0.4 is 11.1 Å². The molecule has 0 bridgehead atoms. The summed E-state index contributed by atoms with van der Waals surface area (Å²) in [7, 11) is 1.76. The Labute approximate surface area is 218 Å². The van der Waals surface area contributed by atoms with E-state index in [2.05, 4.69) is 27.1 Å². The number of hydrogen-bond donors (Lipinski definition) is 3. The maximum absolute atomic E-state index is 13.5. The summed E-state index contributed by atoms with van der Waals surface area (Å²) in [5, 5.41) is 23.0. The van der Waals surface area contributed by atoms with Gasteiger partial charge in [-0.05, 0) is 73.8 Å². The van der Waals surface area contributed by atoms with E-state index < -0.39 is 11.4 Å². The van der Waals surface area contributed by atoms with Gasteiger partial charge in [-0.15, -0.1) is 0 Å². The quantitative estimate of drug-likeness (QED) is 0.449. The molecule has 1 aromatic carbocycles. The third-order valence-corrected chi connectivity index (χ3v) is 7.53. The van der Waals surface area contributed by atoms with E-state index in [0.29, 0.717) is 35.6 Å². The number of carbonyl (C=O) groups excluding carboxylic acids is 1. The number of aromatic nitrogens is 3. The van der Waals surface area contributed by atoms with Gasteiger partial charge in [-0.3, -0.25) is 4.79 Å². The zero-order chi connectivity index (χ0) is 26.3. The highest BCUT2D eigenvalue weighted by Gasteiger charge is 2.49. The smallest absolute Gasteiger partial charge is 0.274 e. The molecule has 0 spiro atoms. The van der Waals surface area contributed by atoms with E-state index >= 15 is 0 Å². The molecule has 2 atom stereocenters. The molecule has 8 nitrogen and oxygen atoms in total. The van der Waals surface area contributed by atoms with Crippen LogP contribution in [0.1, 0.15) is 59.2 Å². The van der Waals surface area contributed by atoms with Crippen molar-refractivity contribution in [3.8, 4) is 17.9 Å². The fourth-order valence-corrected chi connectivity index (χ4v) is 5.77. The standard InChI is InChI=1S/C27H24ClFN6O2/c1-35-14-32-24(25(35)26(36)34-19-2-4-21(29)20(28)10-19)15-8-16-11-27(37,12-17(16)9-15)7-6-18-3-5-22(31)23(13-30)33-18/h2-5,10,14-17,37H,8-9,11-12,31H2,1H3,(H,34,36). The first-order chi connectivity index (χ1) is 17.7. The number of imidazole rings is 1. The largest absolute Gasteiger partial charge is 0.396 e. The van der Waals surface area contributed by atoms with Gasteiger partial charge in [-0.1, -0.05) is 17.5 Å². The summed E-state index contributed by atoms with van der Waals surface area (Å²) in [6.45, 7) is 0. The number of nitrogens with one attached hydrogen (secondary N) is 1. The molecule has 4 N–H and O–H groups in total. The van der Waals surface area contributed by atoms with E-state index in [0.717, 1.165) is 12.8 Å². The average Bonchev–Trinajstić information content (AvgIpc) is 3.52. The van der Waals surface area contributed by atoms with E-state index in [1.165, 1.54) is 18.2 Å². The molecule has 2 aliphatic rings. The molecule has 2 aromatic heterocycles. The first-order valence-corrected chi connectivity index (χ1v) is 12.2. The van der Waals surface area contributed by atoms with Crippen molar-refractivity contribution in [3.05, 3.63) is 70.3 Å². The Kier molecular flexibility index (Phi) is 6.36. The Morgan fingerprint density at radius 3 is 2.70 bits per heavy atom. The highest BCUT2D eigenvalue weighted by molar-refractivity contribution is 6.31. The minimum atomic E-state index is -1.14. The van der Waals surface area contributed by atoms with Crippen molar-refractivity contribution >= 4 is 28.9 Å². The van der Waals surface area contributed by atoms with Gasteiger partial charge in [-0.2, -0.15) is 5.26 Å². The van der Waals surface area contributed by atoms with Gasteiger partial charge in [0.25, 0.3) is 5.91 Å². The number of benzene rings is 1. The average molecular weight is 519 g/mol. The van der Waals surface area contributed by atoms with Gasteiger partial charge >= 0.3 is 0 Å². The van der Waals surface area contributed by atoms with Gasteiger partial charge in [0.05, 0.1) is 22.7 Å². The zero-order valence-electron chi connectivity index (χ0n) is 20.0. The van der Waals surface area contributed by atoms with Gasteiger partial charge in [0.2, 0.25) is 0 Å². The van der Waals surface area contributed by atoms with Crippen LogP contribution in [0, 0.1) is 40.8 Å². The predicted molar refractivity (Wildman–Crippen MR) is 136 cm³/mol. The van der Waals surface area contributed by atoms with Crippen molar-refractivity contribution < 1.29 is 14.3 Å². The molecule has 5 rings (SSSR count). The van der Waals surface area contributed by atoms with Gasteiger partial charge in [0.15, 0.2) is 5.69 Å². The number of carbonyl (C=O) groups is 1. The van der Waals surface area contributed by atoms with Crippen LogP contribution in [0.4, 0.5) is 15.8 Å². The molecule has 2 fully saturated rings. The summed E-state index contributed by atoms with van der Waals surface area (Å²) >= 11 is 5.85. The summed E-state index contributed by atoms with van der Waals surface area (Å²) in [6, 6.07) is 9.18. The fraction of sp³-hybridized carbons (Fsp3) is 0.333. The molecule has 2 aliphatic carbocycles. The summed E-state index contributed by atoms with van der Waals surface area (Å²) in [6.07, 6.45) is 4.22. The maximum Gasteiger partial charge on any atom is 0.274 e. The molecule has 3 aromatic rings. The van der Waals surface area contributed by atoms with Crippen LogP contribution in [0.25, 0.3) is 0 Å². The Hall–Kier alpha value is -3.92. The second-order valence-electron chi connectivity index (χ2n) is 9.80. The van der Waals surface area contributed by atoms with Gasteiger partial charge in [-0.25, -0.2) is 14.4 Å². The van der Waals surface area contributed by atoms with Gasteiger partial charge < -0.3 is 20.7 Å². The number of fused-ring (bicyclic) bond motifs is 1. The number of halogens is 2. The van der Waals surface area contributed by atoms with Gasteiger partial charge in [0.1, 0.15) is 28.9 Å². The predicted octanol–water partition coefficient (Wildman–Crippen LogP) is 4.00. The summed E-state index contributed by atoms with van der Waals surface area (Å²) in [5.74, 6) is 5.53. The molecule has 37 heavy (non-hydrogen) atoms. The monoisotopic (exact) mass is 518 g/mol. The van der Waals surface area contributed by atoms with Crippen molar-refractivity contribution in [1.29, 1.82) is 5.26 Å². The lowest BCUT2D eigenvalue weighted by Crippen LogP contribution is -2.24. The van der Waals surface area contributed by atoms with E-state index in [4.69, 9.17) is 22.6 Å². The van der Waals surface area contributed by atoms with Crippen LogP contribution in [0.15, 0.2) is 36.7 Å². The Balaban J connectivity index is 1.28. The SMILES string of the molecule is Cn1cnc(C2CC3CC(O)(C#Cc4ccc(N)c(C#N)n4)CC3C2)c1C(=O)Nc1ccc(F)c(Cl)c1. The Bertz CT molecular complexity index is 1490. The number of pyridine rings is 1. The molecule has 2 saturated carbocycles. The molecule has 0 saturated heterocycles. The van der Waals surface area contributed by atoms with Crippen LogP contribution in [0.3, 0.4) is 0 Å². The zero-order valence-corrected chi connectivity index (χ0v) is 20.8. The van der Waals surface area contributed by atoms with Crippen LogP contribution in [0.5, 0.6) is 0 Å².